The molecule has 28 heavy (non-hydrogen) atoms. The lowest BCUT2D eigenvalue weighted by molar-refractivity contribution is -0.137. The number of hydrogen-bond acceptors (Lipinski definition) is 2. The van der Waals surface area contributed by atoms with Crippen LogP contribution in [0.25, 0.3) is 6.08 Å². The summed E-state index contributed by atoms with van der Waals surface area (Å²) in [5.74, 6) is -0.844. The van der Waals surface area contributed by atoms with Gasteiger partial charge in [-0.3, -0.25) is 4.79 Å². The molecule has 0 aliphatic rings. The summed E-state index contributed by atoms with van der Waals surface area (Å²) in [6.07, 6.45) is -3.21. The molecule has 0 atom stereocenters. The zero-order chi connectivity index (χ0) is 21.1. The van der Waals surface area contributed by atoms with Crippen LogP contribution in [0, 0.1) is 11.3 Å². The van der Waals surface area contributed by atoms with Gasteiger partial charge in [-0.15, -0.1) is 0 Å². The first-order valence-corrected chi connectivity index (χ1v) is 8.70. The number of halogens is 4. The van der Waals surface area contributed by atoms with E-state index in [0.29, 0.717) is 5.56 Å². The van der Waals surface area contributed by atoms with Crippen LogP contribution < -0.4 is 5.32 Å². The Morgan fingerprint density at radius 1 is 1.07 bits per heavy atom. The van der Waals surface area contributed by atoms with Crippen molar-refractivity contribution in [2.45, 2.75) is 32.4 Å². The number of alkyl halides is 3. The Bertz CT molecular complexity index is 950. The first-order valence-electron chi connectivity index (χ1n) is 8.32. The maximum Gasteiger partial charge on any atom is 0.416 e. The molecule has 0 spiro atoms. The number of nitrogens with zero attached hydrogens (tertiary/aromatic N) is 1. The molecule has 2 rings (SSSR count). The second-order valence-electron chi connectivity index (χ2n) is 7.19. The average molecular weight is 407 g/mol. The molecule has 2 aromatic rings. The summed E-state index contributed by atoms with van der Waals surface area (Å²) in [6.45, 7) is 6.18. The summed E-state index contributed by atoms with van der Waals surface area (Å²) < 4.78 is 38.5. The standard InChI is InChI=1S/C21H18ClF3N2O/c1-20(2,3)15-6-4-13(5-7-15)10-14(12-26)19(28)27-18-11-16(21(23,24)25)8-9-17(18)22/h4-11H,1-3H3,(H,27,28). The van der Waals surface area contributed by atoms with Gasteiger partial charge >= 0.3 is 6.18 Å². The third-order valence-corrected chi connectivity index (χ3v) is 4.32. The van der Waals surface area contributed by atoms with Crippen molar-refractivity contribution in [3.05, 3.63) is 69.8 Å². The van der Waals surface area contributed by atoms with Crippen LogP contribution in [0.2, 0.25) is 5.02 Å². The normalized spacial score (nSPS) is 12.4. The van der Waals surface area contributed by atoms with Crippen LogP contribution >= 0.6 is 11.6 Å². The quantitative estimate of drug-likeness (QED) is 0.487. The Balaban J connectivity index is 2.27. The number of nitriles is 1. The largest absolute Gasteiger partial charge is 0.416 e. The van der Waals surface area contributed by atoms with Crippen molar-refractivity contribution in [3.63, 3.8) is 0 Å². The van der Waals surface area contributed by atoms with Gasteiger partial charge < -0.3 is 5.32 Å². The van der Waals surface area contributed by atoms with E-state index in [4.69, 9.17) is 11.6 Å². The number of amides is 1. The van der Waals surface area contributed by atoms with Crippen LogP contribution in [0.15, 0.2) is 48.0 Å². The monoisotopic (exact) mass is 406 g/mol. The summed E-state index contributed by atoms with van der Waals surface area (Å²) in [6, 6.07) is 11.7. The first-order chi connectivity index (χ1) is 12.9. The summed E-state index contributed by atoms with van der Waals surface area (Å²) in [5, 5.41) is 11.5. The molecule has 0 fully saturated rings. The lowest BCUT2D eigenvalue weighted by Crippen LogP contribution is -2.15. The smallest absolute Gasteiger partial charge is 0.320 e. The molecular weight excluding hydrogens is 389 g/mol. The zero-order valence-electron chi connectivity index (χ0n) is 15.5. The Hall–Kier alpha value is -2.78. The maximum absolute atomic E-state index is 12.8. The van der Waals surface area contributed by atoms with Crippen LogP contribution in [0.3, 0.4) is 0 Å². The molecule has 7 heteroatoms. The molecule has 0 saturated heterocycles. The molecule has 1 amide bonds. The maximum atomic E-state index is 12.8. The minimum Gasteiger partial charge on any atom is -0.320 e. The highest BCUT2D eigenvalue weighted by Gasteiger charge is 2.31. The fourth-order valence-electron chi connectivity index (χ4n) is 2.38. The molecular formula is C21H18ClF3N2O. The van der Waals surface area contributed by atoms with E-state index in [9.17, 15) is 23.2 Å². The van der Waals surface area contributed by atoms with Crippen molar-refractivity contribution in [1.82, 2.24) is 0 Å². The van der Waals surface area contributed by atoms with Gasteiger partial charge in [0.1, 0.15) is 11.6 Å². The molecule has 0 unspecified atom stereocenters. The highest BCUT2D eigenvalue weighted by molar-refractivity contribution is 6.34. The Labute approximate surface area is 166 Å². The van der Waals surface area contributed by atoms with Crippen LogP contribution in [-0.2, 0) is 16.4 Å². The highest BCUT2D eigenvalue weighted by atomic mass is 35.5. The molecule has 3 nitrogen and oxygen atoms in total. The molecule has 0 heterocycles. The van der Waals surface area contributed by atoms with Gasteiger partial charge in [0.05, 0.1) is 16.3 Å². The van der Waals surface area contributed by atoms with E-state index >= 15 is 0 Å². The van der Waals surface area contributed by atoms with Gasteiger partial charge in [0, 0.05) is 0 Å². The Kier molecular flexibility index (Phi) is 6.20. The van der Waals surface area contributed by atoms with Gasteiger partial charge in [0.25, 0.3) is 5.91 Å². The number of benzene rings is 2. The molecule has 0 saturated carbocycles. The van der Waals surface area contributed by atoms with E-state index in [1.165, 1.54) is 6.08 Å². The second-order valence-corrected chi connectivity index (χ2v) is 7.60. The van der Waals surface area contributed by atoms with Crippen molar-refractivity contribution in [3.8, 4) is 6.07 Å². The van der Waals surface area contributed by atoms with E-state index < -0.39 is 17.6 Å². The van der Waals surface area contributed by atoms with E-state index in [1.54, 1.807) is 18.2 Å². The third kappa shape index (κ3) is 5.37. The number of rotatable bonds is 3. The lowest BCUT2D eigenvalue weighted by atomic mass is 9.86. The zero-order valence-corrected chi connectivity index (χ0v) is 16.2. The first kappa shape index (κ1) is 21.5. The fraction of sp³-hybridized carbons (Fsp3) is 0.238. The van der Waals surface area contributed by atoms with Gasteiger partial charge in [-0.05, 0) is 40.8 Å². The minimum absolute atomic E-state index is 0.0437. The Morgan fingerprint density at radius 3 is 2.14 bits per heavy atom. The molecule has 0 aliphatic carbocycles. The van der Waals surface area contributed by atoms with Crippen LogP contribution in [-0.4, -0.2) is 5.91 Å². The van der Waals surface area contributed by atoms with Crippen molar-refractivity contribution >= 4 is 29.3 Å². The van der Waals surface area contributed by atoms with Crippen molar-refractivity contribution in [1.29, 1.82) is 5.26 Å². The number of carbonyl (C=O) groups excluding carboxylic acids is 1. The van der Waals surface area contributed by atoms with Crippen molar-refractivity contribution in [2.24, 2.45) is 0 Å². The number of carbonyl (C=O) groups is 1. The predicted molar refractivity (Wildman–Crippen MR) is 104 cm³/mol. The summed E-state index contributed by atoms with van der Waals surface area (Å²) in [4.78, 5) is 12.3. The second kappa shape index (κ2) is 8.07. The van der Waals surface area contributed by atoms with E-state index in [2.05, 4.69) is 26.1 Å². The fourth-order valence-corrected chi connectivity index (χ4v) is 2.55. The number of anilines is 1. The third-order valence-electron chi connectivity index (χ3n) is 3.99. The van der Waals surface area contributed by atoms with Crippen molar-refractivity contribution < 1.29 is 18.0 Å². The predicted octanol–water partition coefficient (Wildman–Crippen LogP) is 6.20. The van der Waals surface area contributed by atoms with Gasteiger partial charge in [-0.2, -0.15) is 18.4 Å². The number of hydrogen-bond donors (Lipinski definition) is 1. The van der Waals surface area contributed by atoms with Gasteiger partial charge in [-0.1, -0.05) is 56.6 Å². The summed E-state index contributed by atoms with van der Waals surface area (Å²) in [5.41, 5.74) is 0.242. The molecule has 1 N–H and O–H groups in total. The lowest BCUT2D eigenvalue weighted by Gasteiger charge is -2.18. The van der Waals surface area contributed by atoms with E-state index in [1.807, 2.05) is 12.1 Å². The van der Waals surface area contributed by atoms with E-state index in [-0.39, 0.29) is 21.7 Å². The summed E-state index contributed by atoms with van der Waals surface area (Å²) >= 11 is 5.87. The van der Waals surface area contributed by atoms with Gasteiger partial charge in [0.15, 0.2) is 0 Å². The Morgan fingerprint density at radius 2 is 1.64 bits per heavy atom. The van der Waals surface area contributed by atoms with Crippen LogP contribution in [0.4, 0.5) is 18.9 Å². The van der Waals surface area contributed by atoms with E-state index in [0.717, 1.165) is 23.8 Å². The van der Waals surface area contributed by atoms with Crippen LogP contribution in [0.1, 0.15) is 37.5 Å². The van der Waals surface area contributed by atoms with Gasteiger partial charge in [-0.25, -0.2) is 0 Å². The molecule has 0 aliphatic heterocycles. The molecule has 0 bridgehead atoms. The molecule has 0 aromatic heterocycles. The van der Waals surface area contributed by atoms with Crippen LogP contribution in [0.5, 0.6) is 0 Å². The average Bonchev–Trinajstić information content (AvgIpc) is 2.60. The summed E-state index contributed by atoms with van der Waals surface area (Å²) in [7, 11) is 0. The number of nitrogens with one attached hydrogen (secondary N) is 1. The molecule has 2 aromatic carbocycles. The topological polar surface area (TPSA) is 52.9 Å². The SMILES string of the molecule is CC(C)(C)c1ccc(C=C(C#N)C(=O)Nc2cc(C(F)(F)F)ccc2Cl)cc1. The van der Waals surface area contributed by atoms with Crippen molar-refractivity contribution in [2.75, 3.05) is 5.32 Å². The van der Waals surface area contributed by atoms with Gasteiger partial charge in [0.2, 0.25) is 0 Å². The highest BCUT2D eigenvalue weighted by Crippen LogP contribution is 2.34. The molecule has 0 radical (unpaired) electrons. The molecule has 146 valence electrons. The minimum atomic E-state index is -4.58.